The number of nitrogens with one attached hydrogen (secondary N) is 3. The Morgan fingerprint density at radius 3 is 2.09 bits per heavy atom. The number of carbonyl (C=O) groups is 3. The molecule has 1 aliphatic heterocycles. The van der Waals surface area contributed by atoms with Gasteiger partial charge in [0.25, 0.3) is 0 Å². The van der Waals surface area contributed by atoms with E-state index in [4.69, 9.17) is 0 Å². The predicted octanol–water partition coefficient (Wildman–Crippen LogP) is 2.37. The van der Waals surface area contributed by atoms with Crippen molar-refractivity contribution in [3.8, 4) is 0 Å². The third kappa shape index (κ3) is 7.50. The van der Waals surface area contributed by atoms with Gasteiger partial charge in [-0.2, -0.15) is 0 Å². The highest BCUT2D eigenvalue weighted by molar-refractivity contribution is 5.87. The quantitative estimate of drug-likeness (QED) is 0.530. The maximum absolute atomic E-state index is 12.7. The fourth-order valence-electron chi connectivity index (χ4n) is 3.92. The van der Waals surface area contributed by atoms with Gasteiger partial charge in [0, 0.05) is 51.4 Å². The van der Waals surface area contributed by atoms with Gasteiger partial charge in [-0.1, -0.05) is 62.4 Å². The van der Waals surface area contributed by atoms with Crippen LogP contribution >= 0.6 is 0 Å². The van der Waals surface area contributed by atoms with Crippen LogP contribution in [-0.2, 0) is 16.1 Å². The summed E-state index contributed by atoms with van der Waals surface area (Å²) in [6.45, 7) is 7.29. The van der Waals surface area contributed by atoms with Crippen LogP contribution in [0.5, 0.6) is 0 Å². The Morgan fingerprint density at radius 1 is 0.853 bits per heavy atom. The zero-order valence-corrected chi connectivity index (χ0v) is 20.0. The number of nitrogens with zero attached hydrogens (tertiary/aromatic N) is 2. The van der Waals surface area contributed by atoms with Gasteiger partial charge in [-0.05, 0) is 23.6 Å². The number of hydrogen-bond acceptors (Lipinski definition) is 4. The van der Waals surface area contributed by atoms with Crippen LogP contribution in [0, 0.1) is 5.92 Å². The molecule has 182 valence electrons. The lowest BCUT2D eigenvalue weighted by Gasteiger charge is -2.36. The number of urea groups is 1. The molecule has 0 radical (unpaired) electrons. The molecule has 0 bridgehead atoms. The molecule has 3 rings (SSSR count). The number of rotatable bonds is 9. The zero-order valence-electron chi connectivity index (χ0n) is 20.0. The van der Waals surface area contributed by atoms with E-state index in [0.29, 0.717) is 19.6 Å². The van der Waals surface area contributed by atoms with E-state index in [1.54, 1.807) is 0 Å². The van der Waals surface area contributed by atoms with E-state index in [1.165, 1.54) is 5.69 Å². The highest BCUT2D eigenvalue weighted by Gasteiger charge is 2.25. The number of carbonyl (C=O) groups excluding carboxylic acids is 3. The lowest BCUT2D eigenvalue weighted by molar-refractivity contribution is -0.131. The Bertz CT molecular complexity index is 928. The van der Waals surface area contributed by atoms with E-state index in [0.717, 1.165) is 18.7 Å². The third-order valence-corrected chi connectivity index (χ3v) is 5.92. The summed E-state index contributed by atoms with van der Waals surface area (Å²) in [7, 11) is 0. The first-order valence-corrected chi connectivity index (χ1v) is 11.9. The Kier molecular flexibility index (Phi) is 9.31. The molecule has 8 nitrogen and oxygen atoms in total. The van der Waals surface area contributed by atoms with Gasteiger partial charge in [-0.25, -0.2) is 4.79 Å². The number of hydrogen-bond donors (Lipinski definition) is 3. The number of amides is 4. The number of benzene rings is 2. The number of para-hydroxylation sites is 1. The zero-order chi connectivity index (χ0) is 24.3. The summed E-state index contributed by atoms with van der Waals surface area (Å²) >= 11 is 0. The van der Waals surface area contributed by atoms with Crippen molar-refractivity contribution in [2.24, 2.45) is 5.92 Å². The minimum atomic E-state index is -0.680. The van der Waals surface area contributed by atoms with Gasteiger partial charge in [0.15, 0.2) is 0 Å². The second kappa shape index (κ2) is 12.6. The maximum atomic E-state index is 12.7. The molecular weight excluding hydrogens is 430 g/mol. The van der Waals surface area contributed by atoms with Crippen molar-refractivity contribution in [3.63, 3.8) is 0 Å². The molecule has 1 heterocycles. The third-order valence-electron chi connectivity index (χ3n) is 5.92. The van der Waals surface area contributed by atoms with Crippen LogP contribution in [0.1, 0.15) is 25.8 Å². The predicted molar refractivity (Wildman–Crippen MR) is 133 cm³/mol. The summed E-state index contributed by atoms with van der Waals surface area (Å²) in [6, 6.07) is 18.7. The van der Waals surface area contributed by atoms with Crippen LogP contribution in [0.2, 0.25) is 0 Å². The first kappa shape index (κ1) is 25.1. The van der Waals surface area contributed by atoms with Crippen molar-refractivity contribution in [1.82, 2.24) is 20.9 Å². The standard InChI is InChI=1S/C26H35N5O3/c1-20(2)24(29-26(34)28-19-21-9-5-3-6-10-21)25(33)27-14-13-23(32)31-17-15-30(16-18-31)22-11-7-4-8-12-22/h3-12,20,24H,13-19H2,1-2H3,(H,27,33)(H2,28,29,34). The largest absolute Gasteiger partial charge is 0.368 e. The minimum absolute atomic E-state index is 0.0303. The van der Waals surface area contributed by atoms with Gasteiger partial charge in [0.1, 0.15) is 6.04 Å². The molecule has 0 spiro atoms. The molecule has 1 unspecified atom stereocenters. The topological polar surface area (TPSA) is 93.8 Å². The monoisotopic (exact) mass is 465 g/mol. The molecule has 1 saturated heterocycles. The van der Waals surface area contributed by atoms with Crippen molar-refractivity contribution in [2.75, 3.05) is 37.6 Å². The Labute approximate surface area is 201 Å². The first-order valence-electron chi connectivity index (χ1n) is 11.9. The van der Waals surface area contributed by atoms with E-state index < -0.39 is 12.1 Å². The second-order valence-electron chi connectivity index (χ2n) is 8.78. The highest BCUT2D eigenvalue weighted by atomic mass is 16.2. The molecule has 2 aromatic rings. The fourth-order valence-corrected chi connectivity index (χ4v) is 3.92. The average molecular weight is 466 g/mol. The van der Waals surface area contributed by atoms with Crippen LogP contribution in [0.3, 0.4) is 0 Å². The SMILES string of the molecule is CC(C)C(NC(=O)NCc1ccccc1)C(=O)NCCC(=O)N1CCN(c2ccccc2)CC1. The molecule has 1 fully saturated rings. The number of piperazine rings is 1. The van der Waals surface area contributed by atoms with Crippen LogP contribution in [-0.4, -0.2) is 61.5 Å². The van der Waals surface area contributed by atoms with E-state index >= 15 is 0 Å². The fraction of sp³-hybridized carbons (Fsp3) is 0.423. The molecule has 8 heteroatoms. The minimum Gasteiger partial charge on any atom is -0.368 e. The highest BCUT2D eigenvalue weighted by Crippen LogP contribution is 2.15. The number of anilines is 1. The molecular formula is C26H35N5O3. The second-order valence-corrected chi connectivity index (χ2v) is 8.78. The molecule has 3 N–H and O–H groups in total. The van der Waals surface area contributed by atoms with Gasteiger partial charge in [0.2, 0.25) is 11.8 Å². The Morgan fingerprint density at radius 2 is 1.47 bits per heavy atom. The summed E-state index contributed by atoms with van der Waals surface area (Å²) in [5, 5.41) is 8.33. The lowest BCUT2D eigenvalue weighted by atomic mass is 10.0. The smallest absolute Gasteiger partial charge is 0.315 e. The van der Waals surface area contributed by atoms with E-state index in [-0.39, 0.29) is 30.7 Å². The van der Waals surface area contributed by atoms with Crippen molar-refractivity contribution >= 4 is 23.5 Å². The molecule has 1 atom stereocenters. The van der Waals surface area contributed by atoms with E-state index in [1.807, 2.05) is 67.3 Å². The van der Waals surface area contributed by atoms with Crippen molar-refractivity contribution < 1.29 is 14.4 Å². The van der Waals surface area contributed by atoms with Gasteiger partial charge in [-0.15, -0.1) is 0 Å². The maximum Gasteiger partial charge on any atom is 0.315 e. The Balaban J connectivity index is 1.38. The van der Waals surface area contributed by atoms with E-state index in [9.17, 15) is 14.4 Å². The molecule has 1 aliphatic rings. The average Bonchev–Trinajstić information content (AvgIpc) is 2.87. The first-order chi connectivity index (χ1) is 16.4. The van der Waals surface area contributed by atoms with Gasteiger partial charge >= 0.3 is 6.03 Å². The van der Waals surface area contributed by atoms with Gasteiger partial charge in [0.05, 0.1) is 0 Å². The van der Waals surface area contributed by atoms with E-state index in [2.05, 4.69) is 33.0 Å². The molecule has 0 aromatic heterocycles. The summed E-state index contributed by atoms with van der Waals surface area (Å²) in [4.78, 5) is 41.7. The Hall–Kier alpha value is -3.55. The molecule has 2 aromatic carbocycles. The summed E-state index contributed by atoms with van der Waals surface area (Å²) in [5.41, 5.74) is 2.15. The van der Waals surface area contributed by atoms with Crippen LogP contribution in [0.15, 0.2) is 60.7 Å². The molecule has 34 heavy (non-hydrogen) atoms. The molecule has 0 saturated carbocycles. The van der Waals surface area contributed by atoms with Crippen molar-refractivity contribution in [2.45, 2.75) is 32.9 Å². The van der Waals surface area contributed by atoms with Crippen LogP contribution < -0.4 is 20.9 Å². The van der Waals surface area contributed by atoms with Gasteiger partial charge < -0.3 is 25.8 Å². The summed E-state index contributed by atoms with van der Waals surface area (Å²) in [5.74, 6) is -0.349. The van der Waals surface area contributed by atoms with Crippen LogP contribution in [0.4, 0.5) is 10.5 Å². The van der Waals surface area contributed by atoms with Crippen molar-refractivity contribution in [3.05, 3.63) is 66.2 Å². The molecule has 0 aliphatic carbocycles. The normalized spacial score (nSPS) is 14.4. The van der Waals surface area contributed by atoms with Gasteiger partial charge in [-0.3, -0.25) is 9.59 Å². The lowest BCUT2D eigenvalue weighted by Crippen LogP contribution is -2.53. The summed E-state index contributed by atoms with van der Waals surface area (Å²) in [6.07, 6.45) is 0.238. The van der Waals surface area contributed by atoms with Crippen molar-refractivity contribution in [1.29, 1.82) is 0 Å². The van der Waals surface area contributed by atoms with Crippen LogP contribution in [0.25, 0.3) is 0 Å². The summed E-state index contributed by atoms with van der Waals surface area (Å²) < 4.78 is 0. The molecule has 4 amide bonds.